The minimum absolute atomic E-state index is 0.0590. The zero-order valence-electron chi connectivity index (χ0n) is 11.0. The first kappa shape index (κ1) is 13.1. The summed E-state index contributed by atoms with van der Waals surface area (Å²) in [7, 11) is 0. The van der Waals surface area contributed by atoms with Crippen molar-refractivity contribution in [3.8, 4) is 0 Å². The van der Waals surface area contributed by atoms with Crippen molar-refractivity contribution in [3.63, 3.8) is 0 Å². The highest BCUT2D eigenvalue weighted by Gasteiger charge is 2.22. The third-order valence-corrected chi connectivity index (χ3v) is 3.98. The molecule has 3 rings (SSSR count). The Morgan fingerprint density at radius 2 is 2.10 bits per heavy atom. The predicted octanol–water partition coefficient (Wildman–Crippen LogP) is 3.54. The van der Waals surface area contributed by atoms with E-state index in [0.717, 1.165) is 19.3 Å². The Morgan fingerprint density at radius 3 is 2.95 bits per heavy atom. The minimum Gasteiger partial charge on any atom is -0.345 e. The number of benzene rings is 1. The van der Waals surface area contributed by atoms with Crippen molar-refractivity contribution in [1.29, 1.82) is 0 Å². The van der Waals surface area contributed by atoms with Crippen LogP contribution in [0.25, 0.3) is 0 Å². The lowest BCUT2D eigenvalue weighted by Gasteiger charge is -2.26. The summed E-state index contributed by atoms with van der Waals surface area (Å²) in [6.45, 7) is 0. The second-order valence-electron chi connectivity index (χ2n) is 4.96. The number of fused-ring (bicyclic) bond motifs is 1. The number of nitrogens with one attached hydrogen (secondary N) is 1. The van der Waals surface area contributed by atoms with Crippen molar-refractivity contribution in [1.82, 2.24) is 10.3 Å². The smallest absolute Gasteiger partial charge is 0.254 e. The molecule has 1 aromatic carbocycles. The van der Waals surface area contributed by atoms with Crippen LogP contribution in [-0.4, -0.2) is 10.9 Å². The van der Waals surface area contributed by atoms with Crippen LogP contribution < -0.4 is 5.32 Å². The van der Waals surface area contributed by atoms with E-state index in [0.29, 0.717) is 5.56 Å². The van der Waals surface area contributed by atoms with E-state index in [4.69, 9.17) is 11.6 Å². The highest BCUT2D eigenvalue weighted by Crippen LogP contribution is 2.29. The van der Waals surface area contributed by atoms with E-state index in [-0.39, 0.29) is 17.1 Å². The summed E-state index contributed by atoms with van der Waals surface area (Å²) in [6, 6.07) is 11.7. The lowest BCUT2D eigenvalue weighted by Crippen LogP contribution is -2.31. The Labute approximate surface area is 123 Å². The number of pyridine rings is 1. The first-order chi connectivity index (χ1) is 9.75. The summed E-state index contributed by atoms with van der Waals surface area (Å²) >= 11 is 5.97. The van der Waals surface area contributed by atoms with Crippen molar-refractivity contribution in [2.75, 3.05) is 0 Å². The van der Waals surface area contributed by atoms with Gasteiger partial charge in [-0.25, -0.2) is 4.98 Å². The summed E-state index contributed by atoms with van der Waals surface area (Å²) < 4.78 is 0. The van der Waals surface area contributed by atoms with Gasteiger partial charge in [0.15, 0.2) is 0 Å². The molecular weight excluding hydrogens is 272 g/mol. The molecule has 3 nitrogen and oxygen atoms in total. The molecule has 4 heteroatoms. The van der Waals surface area contributed by atoms with Gasteiger partial charge in [-0.05, 0) is 42.5 Å². The van der Waals surface area contributed by atoms with Crippen LogP contribution >= 0.6 is 11.6 Å². The molecule has 0 aliphatic heterocycles. The maximum Gasteiger partial charge on any atom is 0.254 e. The zero-order chi connectivity index (χ0) is 13.9. The van der Waals surface area contributed by atoms with Crippen molar-refractivity contribution < 1.29 is 4.79 Å². The van der Waals surface area contributed by atoms with Gasteiger partial charge in [-0.15, -0.1) is 0 Å². The highest BCUT2D eigenvalue weighted by atomic mass is 35.5. The van der Waals surface area contributed by atoms with Crippen LogP contribution in [0, 0.1) is 0 Å². The van der Waals surface area contributed by atoms with Crippen LogP contribution in [0.2, 0.25) is 5.15 Å². The fourth-order valence-electron chi connectivity index (χ4n) is 2.70. The second-order valence-corrected chi connectivity index (χ2v) is 5.32. The van der Waals surface area contributed by atoms with Gasteiger partial charge in [0.05, 0.1) is 11.6 Å². The van der Waals surface area contributed by atoms with Gasteiger partial charge in [0.1, 0.15) is 5.15 Å². The summed E-state index contributed by atoms with van der Waals surface area (Å²) in [4.78, 5) is 16.3. The van der Waals surface area contributed by atoms with Crippen LogP contribution in [0.5, 0.6) is 0 Å². The molecule has 1 N–H and O–H groups in total. The average Bonchev–Trinajstić information content (AvgIpc) is 2.48. The summed E-state index contributed by atoms with van der Waals surface area (Å²) in [5.41, 5.74) is 2.96. The lowest BCUT2D eigenvalue weighted by atomic mass is 9.87. The molecule has 1 atom stereocenters. The number of rotatable bonds is 2. The molecule has 0 unspecified atom stereocenters. The Kier molecular flexibility index (Phi) is 3.70. The van der Waals surface area contributed by atoms with Gasteiger partial charge in [-0.3, -0.25) is 4.79 Å². The molecule has 1 aromatic heterocycles. The topological polar surface area (TPSA) is 42.0 Å². The predicted molar refractivity (Wildman–Crippen MR) is 78.8 cm³/mol. The van der Waals surface area contributed by atoms with Crippen LogP contribution in [0.15, 0.2) is 42.6 Å². The van der Waals surface area contributed by atoms with Gasteiger partial charge in [0, 0.05) is 6.20 Å². The molecule has 1 aliphatic carbocycles. The maximum atomic E-state index is 12.3. The number of aryl methyl sites for hydroxylation is 1. The number of carbonyl (C=O) groups excluding carboxylic acids is 1. The van der Waals surface area contributed by atoms with Crippen LogP contribution in [0.4, 0.5) is 0 Å². The second kappa shape index (κ2) is 5.63. The zero-order valence-corrected chi connectivity index (χ0v) is 11.7. The molecule has 0 fully saturated rings. The monoisotopic (exact) mass is 286 g/mol. The summed E-state index contributed by atoms with van der Waals surface area (Å²) in [5.74, 6) is -0.162. The van der Waals surface area contributed by atoms with E-state index in [1.54, 1.807) is 18.3 Å². The molecule has 0 bridgehead atoms. The van der Waals surface area contributed by atoms with E-state index < -0.39 is 0 Å². The van der Waals surface area contributed by atoms with Crippen LogP contribution in [0.3, 0.4) is 0 Å². The van der Waals surface area contributed by atoms with E-state index in [1.165, 1.54) is 11.1 Å². The molecule has 1 amide bonds. The molecule has 2 aromatic rings. The Morgan fingerprint density at radius 1 is 1.25 bits per heavy atom. The number of carbonyl (C=O) groups is 1. The summed E-state index contributed by atoms with van der Waals surface area (Å²) in [6.07, 6.45) is 4.70. The van der Waals surface area contributed by atoms with Gasteiger partial charge in [-0.1, -0.05) is 35.9 Å². The van der Waals surface area contributed by atoms with Crippen molar-refractivity contribution in [3.05, 3.63) is 64.4 Å². The standard InChI is InChI=1S/C16H15ClN2O/c17-15-13(8-4-10-18-15)16(20)19-14-9-3-6-11-5-1-2-7-12(11)14/h1-2,4-5,7-8,10,14H,3,6,9H2,(H,19,20)/t14-/m1/s1. The molecule has 20 heavy (non-hydrogen) atoms. The van der Waals surface area contributed by atoms with E-state index in [9.17, 15) is 4.79 Å². The van der Waals surface area contributed by atoms with E-state index >= 15 is 0 Å². The van der Waals surface area contributed by atoms with Crippen LogP contribution in [0.1, 0.15) is 40.4 Å². The average molecular weight is 287 g/mol. The number of nitrogens with zero attached hydrogens (tertiary/aromatic N) is 1. The molecular formula is C16H15ClN2O. The Balaban J connectivity index is 1.83. The molecule has 0 spiro atoms. The molecule has 0 radical (unpaired) electrons. The fourth-order valence-corrected chi connectivity index (χ4v) is 2.90. The van der Waals surface area contributed by atoms with Gasteiger partial charge in [-0.2, -0.15) is 0 Å². The first-order valence-corrected chi connectivity index (χ1v) is 7.12. The third-order valence-electron chi connectivity index (χ3n) is 3.68. The third kappa shape index (κ3) is 2.54. The number of halogens is 1. The largest absolute Gasteiger partial charge is 0.345 e. The molecule has 1 heterocycles. The lowest BCUT2D eigenvalue weighted by molar-refractivity contribution is 0.0932. The number of hydrogen-bond acceptors (Lipinski definition) is 2. The van der Waals surface area contributed by atoms with Crippen molar-refractivity contribution in [2.24, 2.45) is 0 Å². The molecule has 0 saturated carbocycles. The number of aromatic nitrogens is 1. The van der Waals surface area contributed by atoms with E-state index in [2.05, 4.69) is 22.4 Å². The molecule has 1 aliphatic rings. The van der Waals surface area contributed by atoms with Gasteiger partial charge < -0.3 is 5.32 Å². The van der Waals surface area contributed by atoms with Gasteiger partial charge >= 0.3 is 0 Å². The van der Waals surface area contributed by atoms with Crippen molar-refractivity contribution >= 4 is 17.5 Å². The Bertz CT molecular complexity index is 642. The Hall–Kier alpha value is -1.87. The van der Waals surface area contributed by atoms with Gasteiger partial charge in [0.25, 0.3) is 5.91 Å². The highest BCUT2D eigenvalue weighted by molar-refractivity contribution is 6.32. The quantitative estimate of drug-likeness (QED) is 0.858. The summed E-state index contributed by atoms with van der Waals surface area (Å²) in [5, 5.41) is 3.31. The van der Waals surface area contributed by atoms with E-state index in [1.807, 2.05) is 12.1 Å². The van der Waals surface area contributed by atoms with Crippen LogP contribution in [-0.2, 0) is 6.42 Å². The molecule has 0 saturated heterocycles. The first-order valence-electron chi connectivity index (χ1n) is 6.75. The maximum absolute atomic E-state index is 12.3. The minimum atomic E-state index is -0.162. The van der Waals surface area contributed by atoms with Crippen molar-refractivity contribution in [2.45, 2.75) is 25.3 Å². The number of amides is 1. The van der Waals surface area contributed by atoms with Gasteiger partial charge in [0.2, 0.25) is 0 Å². The normalized spacial score (nSPS) is 17.4. The SMILES string of the molecule is O=C(N[C@@H]1CCCc2ccccc21)c1cccnc1Cl. The fraction of sp³-hybridized carbons (Fsp3) is 0.250. The molecule has 102 valence electrons. The number of hydrogen-bond donors (Lipinski definition) is 1.